The van der Waals surface area contributed by atoms with Gasteiger partial charge in [0.05, 0.1) is 6.21 Å². The number of H-pyrrole nitrogens is 1. The van der Waals surface area contributed by atoms with Crippen LogP contribution in [-0.4, -0.2) is 21.2 Å². The first-order valence-electron chi connectivity index (χ1n) is 4.59. The van der Waals surface area contributed by atoms with Crippen molar-refractivity contribution >= 4 is 12.0 Å². The average molecular weight is 215 g/mol. The third-order valence-electron chi connectivity index (χ3n) is 1.76. The molecule has 0 atom stereocenters. The third-order valence-corrected chi connectivity index (χ3v) is 1.76. The molecule has 6 nitrogen and oxygen atoms in total. The lowest BCUT2D eigenvalue weighted by molar-refractivity contribution is 1.06. The van der Waals surface area contributed by atoms with Gasteiger partial charge in [-0.05, 0) is 12.1 Å². The van der Waals surface area contributed by atoms with Gasteiger partial charge in [0.15, 0.2) is 0 Å². The molecule has 0 amide bonds. The first-order valence-corrected chi connectivity index (χ1v) is 4.59. The minimum atomic E-state index is -0.415. The van der Waals surface area contributed by atoms with Crippen LogP contribution >= 0.6 is 0 Å². The van der Waals surface area contributed by atoms with E-state index < -0.39 is 5.69 Å². The zero-order valence-corrected chi connectivity index (χ0v) is 8.29. The molecule has 6 heteroatoms. The first kappa shape index (κ1) is 10.0. The summed E-state index contributed by atoms with van der Waals surface area (Å²) in [5, 5.41) is 3.94. The van der Waals surface area contributed by atoms with Crippen LogP contribution in [-0.2, 0) is 0 Å². The summed E-state index contributed by atoms with van der Waals surface area (Å²) in [5.74, 6) is 0.486. The van der Waals surface area contributed by atoms with Gasteiger partial charge in [-0.15, -0.1) is 0 Å². The Hall–Kier alpha value is -2.50. The second-order valence-electron chi connectivity index (χ2n) is 2.95. The van der Waals surface area contributed by atoms with Crippen LogP contribution in [0.5, 0.6) is 0 Å². The van der Waals surface area contributed by atoms with E-state index in [0.29, 0.717) is 5.82 Å². The maximum atomic E-state index is 10.9. The Balaban J connectivity index is 2.03. The van der Waals surface area contributed by atoms with E-state index in [0.717, 1.165) is 5.56 Å². The van der Waals surface area contributed by atoms with E-state index in [-0.39, 0.29) is 0 Å². The van der Waals surface area contributed by atoms with Crippen LogP contribution in [0.3, 0.4) is 0 Å². The number of hydrogen-bond donors (Lipinski definition) is 2. The van der Waals surface area contributed by atoms with Crippen LogP contribution in [0, 0.1) is 0 Å². The molecule has 0 aliphatic heterocycles. The molecule has 2 aromatic rings. The van der Waals surface area contributed by atoms with Crippen molar-refractivity contribution in [1.29, 1.82) is 0 Å². The van der Waals surface area contributed by atoms with Gasteiger partial charge in [0.2, 0.25) is 0 Å². The molecule has 16 heavy (non-hydrogen) atoms. The SMILES string of the molecule is O=c1nccc(N/N=C/c2cccnc2)[nH]1. The first-order chi connectivity index (χ1) is 7.84. The van der Waals surface area contributed by atoms with E-state index in [1.165, 1.54) is 6.20 Å². The van der Waals surface area contributed by atoms with Gasteiger partial charge in [-0.1, -0.05) is 6.07 Å². The summed E-state index contributed by atoms with van der Waals surface area (Å²) in [6, 6.07) is 5.30. The summed E-state index contributed by atoms with van der Waals surface area (Å²) in [6.45, 7) is 0. The van der Waals surface area contributed by atoms with Crippen molar-refractivity contribution in [3.05, 3.63) is 52.8 Å². The van der Waals surface area contributed by atoms with Crippen LogP contribution in [0.4, 0.5) is 5.82 Å². The van der Waals surface area contributed by atoms with Crippen molar-refractivity contribution < 1.29 is 0 Å². The molecule has 80 valence electrons. The van der Waals surface area contributed by atoms with Gasteiger partial charge in [0.1, 0.15) is 5.82 Å². The molecule has 0 spiro atoms. The summed E-state index contributed by atoms with van der Waals surface area (Å²) < 4.78 is 0. The van der Waals surface area contributed by atoms with Gasteiger partial charge in [-0.2, -0.15) is 5.10 Å². The minimum absolute atomic E-state index is 0.415. The van der Waals surface area contributed by atoms with Crippen molar-refractivity contribution in [3.8, 4) is 0 Å². The molecule has 0 radical (unpaired) electrons. The summed E-state index contributed by atoms with van der Waals surface area (Å²) in [7, 11) is 0. The zero-order valence-electron chi connectivity index (χ0n) is 8.29. The number of aromatic amines is 1. The molecule has 0 aromatic carbocycles. The van der Waals surface area contributed by atoms with Crippen molar-refractivity contribution in [2.75, 3.05) is 5.43 Å². The van der Waals surface area contributed by atoms with Crippen LogP contribution in [0.15, 0.2) is 46.7 Å². The van der Waals surface area contributed by atoms with E-state index >= 15 is 0 Å². The molecular weight excluding hydrogens is 206 g/mol. The predicted octanol–water partition coefficient (Wildman–Crippen LogP) is 0.611. The lowest BCUT2D eigenvalue weighted by Crippen LogP contribution is -2.10. The van der Waals surface area contributed by atoms with Gasteiger partial charge in [-0.3, -0.25) is 15.4 Å². The Morgan fingerprint density at radius 3 is 3.06 bits per heavy atom. The topological polar surface area (TPSA) is 83.0 Å². The van der Waals surface area contributed by atoms with Crippen molar-refractivity contribution in [2.45, 2.75) is 0 Å². The molecule has 0 saturated carbocycles. The fraction of sp³-hybridized carbons (Fsp3) is 0. The second kappa shape index (κ2) is 4.83. The van der Waals surface area contributed by atoms with E-state index in [2.05, 4.69) is 25.5 Å². The molecule has 2 aromatic heterocycles. The van der Waals surface area contributed by atoms with Crippen molar-refractivity contribution in [2.24, 2.45) is 5.10 Å². The number of hydrogen-bond acceptors (Lipinski definition) is 5. The van der Waals surface area contributed by atoms with E-state index in [1.54, 1.807) is 24.7 Å². The Bertz CT molecular complexity index is 534. The Morgan fingerprint density at radius 2 is 2.31 bits per heavy atom. The average Bonchev–Trinajstić information content (AvgIpc) is 2.30. The smallest absolute Gasteiger partial charge is 0.291 e. The van der Waals surface area contributed by atoms with E-state index in [9.17, 15) is 4.79 Å². The number of pyridine rings is 1. The maximum absolute atomic E-state index is 10.9. The normalized spacial score (nSPS) is 10.5. The second-order valence-corrected chi connectivity index (χ2v) is 2.95. The standard InChI is InChI=1S/C10H9N5O/c16-10-12-5-3-9(14-10)15-13-7-8-2-1-4-11-6-8/h1-7H,(H2,12,14,15,16)/b13-7+. The Morgan fingerprint density at radius 1 is 1.38 bits per heavy atom. The molecule has 0 unspecified atom stereocenters. The molecule has 0 aliphatic rings. The lowest BCUT2D eigenvalue weighted by Gasteiger charge is -1.97. The Kier molecular flexibility index (Phi) is 3.03. The highest BCUT2D eigenvalue weighted by Gasteiger charge is 1.89. The van der Waals surface area contributed by atoms with Crippen molar-refractivity contribution in [3.63, 3.8) is 0 Å². The van der Waals surface area contributed by atoms with Gasteiger partial charge >= 0.3 is 5.69 Å². The molecule has 0 bridgehead atoms. The lowest BCUT2D eigenvalue weighted by atomic mass is 10.3. The largest absolute Gasteiger partial charge is 0.346 e. The number of hydrazone groups is 1. The highest BCUT2D eigenvalue weighted by atomic mass is 16.1. The summed E-state index contributed by atoms with van der Waals surface area (Å²) >= 11 is 0. The number of nitrogens with zero attached hydrogens (tertiary/aromatic N) is 3. The van der Waals surface area contributed by atoms with Crippen molar-refractivity contribution in [1.82, 2.24) is 15.0 Å². The number of aromatic nitrogens is 3. The highest BCUT2D eigenvalue weighted by molar-refractivity contribution is 5.79. The molecule has 0 aliphatic carbocycles. The highest BCUT2D eigenvalue weighted by Crippen LogP contribution is 1.96. The number of rotatable bonds is 3. The number of nitrogens with one attached hydrogen (secondary N) is 2. The fourth-order valence-corrected chi connectivity index (χ4v) is 1.06. The summed E-state index contributed by atoms with van der Waals surface area (Å²) in [6.07, 6.45) is 6.37. The third kappa shape index (κ3) is 2.74. The molecule has 0 saturated heterocycles. The van der Waals surface area contributed by atoms with Crippen LogP contribution in [0.1, 0.15) is 5.56 Å². The van der Waals surface area contributed by atoms with Crippen LogP contribution in [0.2, 0.25) is 0 Å². The molecule has 0 fully saturated rings. The molecule has 2 rings (SSSR count). The zero-order chi connectivity index (χ0) is 11.2. The maximum Gasteiger partial charge on any atom is 0.346 e. The van der Waals surface area contributed by atoms with Gasteiger partial charge in [0, 0.05) is 24.2 Å². The molecule has 2 heterocycles. The summed E-state index contributed by atoms with van der Waals surface area (Å²) in [5.41, 5.74) is 3.13. The van der Waals surface area contributed by atoms with E-state index in [4.69, 9.17) is 0 Å². The quantitative estimate of drug-likeness (QED) is 0.580. The molecule has 2 N–H and O–H groups in total. The minimum Gasteiger partial charge on any atom is -0.291 e. The van der Waals surface area contributed by atoms with Gasteiger partial charge in [0.25, 0.3) is 0 Å². The monoisotopic (exact) mass is 215 g/mol. The van der Waals surface area contributed by atoms with Gasteiger partial charge in [-0.25, -0.2) is 9.78 Å². The van der Waals surface area contributed by atoms with Gasteiger partial charge < -0.3 is 0 Å². The fourth-order valence-electron chi connectivity index (χ4n) is 1.06. The molecular formula is C10H9N5O. The Labute approximate surface area is 91.1 Å². The van der Waals surface area contributed by atoms with E-state index in [1.807, 2.05) is 12.1 Å². The van der Waals surface area contributed by atoms with Crippen LogP contribution < -0.4 is 11.1 Å². The van der Waals surface area contributed by atoms with Crippen LogP contribution in [0.25, 0.3) is 0 Å². The number of anilines is 1. The predicted molar refractivity (Wildman–Crippen MR) is 60.3 cm³/mol. The summed E-state index contributed by atoms with van der Waals surface area (Å²) in [4.78, 5) is 20.8.